The van der Waals surface area contributed by atoms with Gasteiger partial charge in [-0.2, -0.15) is 0 Å². The third-order valence-corrected chi connectivity index (χ3v) is 3.11. The summed E-state index contributed by atoms with van der Waals surface area (Å²) in [4.78, 5) is 12.0. The molecule has 0 saturated heterocycles. The molecule has 1 atom stereocenters. The minimum atomic E-state index is -0.240. The van der Waals surface area contributed by atoms with Crippen LogP contribution in [-0.2, 0) is 0 Å². The minimum Gasteiger partial charge on any atom is -0.484 e. The van der Waals surface area contributed by atoms with Crippen molar-refractivity contribution in [1.29, 1.82) is 0 Å². The number of hydrogen-bond donors (Lipinski definition) is 1. The largest absolute Gasteiger partial charge is 0.484 e. The molecule has 0 bridgehead atoms. The molecule has 0 aliphatic carbocycles. The lowest BCUT2D eigenvalue weighted by Crippen LogP contribution is -2.20. The van der Waals surface area contributed by atoms with Crippen LogP contribution in [0.15, 0.2) is 48.5 Å². The maximum atomic E-state index is 12.0. The molecule has 3 nitrogen and oxygen atoms in total. The van der Waals surface area contributed by atoms with Gasteiger partial charge in [0.25, 0.3) is 0 Å². The van der Waals surface area contributed by atoms with E-state index in [4.69, 9.17) is 10.5 Å². The van der Waals surface area contributed by atoms with Gasteiger partial charge >= 0.3 is 0 Å². The summed E-state index contributed by atoms with van der Waals surface area (Å²) in [5.41, 5.74) is 8.04. The summed E-state index contributed by atoms with van der Waals surface area (Å²) in [6.07, 6.45) is 0.122. The van der Waals surface area contributed by atoms with E-state index in [2.05, 4.69) is 0 Å². The number of rotatable bonds is 1. The number of ether oxygens (including phenoxy) is 1. The molecule has 3 rings (SSSR count). The summed E-state index contributed by atoms with van der Waals surface area (Å²) in [6, 6.07) is 14.8. The molecule has 0 amide bonds. The van der Waals surface area contributed by atoms with Crippen molar-refractivity contribution in [3.63, 3.8) is 0 Å². The van der Waals surface area contributed by atoms with Gasteiger partial charge < -0.3 is 10.5 Å². The van der Waals surface area contributed by atoms with Gasteiger partial charge in [0.2, 0.25) is 0 Å². The summed E-state index contributed by atoms with van der Waals surface area (Å²) in [5, 5.41) is 0. The molecule has 0 spiro atoms. The molecule has 1 unspecified atom stereocenters. The molecule has 0 radical (unpaired) electrons. The Morgan fingerprint density at radius 1 is 1.11 bits per heavy atom. The molecule has 3 heteroatoms. The first-order valence-electron chi connectivity index (χ1n) is 5.88. The van der Waals surface area contributed by atoms with Crippen molar-refractivity contribution in [1.82, 2.24) is 0 Å². The monoisotopic (exact) mass is 239 g/mol. The van der Waals surface area contributed by atoms with E-state index in [9.17, 15) is 4.79 Å². The number of nitrogen functional groups attached to an aromatic ring is 1. The van der Waals surface area contributed by atoms with Crippen LogP contribution in [-0.4, -0.2) is 5.78 Å². The van der Waals surface area contributed by atoms with Crippen molar-refractivity contribution in [2.24, 2.45) is 0 Å². The van der Waals surface area contributed by atoms with Gasteiger partial charge in [-0.05, 0) is 29.8 Å². The highest BCUT2D eigenvalue weighted by Crippen LogP contribution is 2.34. The Morgan fingerprint density at radius 3 is 2.78 bits per heavy atom. The second kappa shape index (κ2) is 4.18. The lowest BCUT2D eigenvalue weighted by atomic mass is 9.96. The number of anilines is 1. The summed E-state index contributed by atoms with van der Waals surface area (Å²) in [6.45, 7) is 0. The molecule has 1 heterocycles. The number of para-hydroxylation sites is 1. The molecule has 1 aliphatic rings. The maximum absolute atomic E-state index is 12.0. The number of benzene rings is 2. The standard InChI is InChI=1S/C15H13NO2/c16-11-5-3-4-10(8-11)15-9-13(17)12-6-1-2-7-14(12)18-15/h1-8,15H,9,16H2. The Morgan fingerprint density at radius 2 is 1.94 bits per heavy atom. The zero-order valence-corrected chi connectivity index (χ0v) is 9.80. The highest BCUT2D eigenvalue weighted by molar-refractivity contribution is 5.99. The van der Waals surface area contributed by atoms with Gasteiger partial charge in [-0.25, -0.2) is 0 Å². The first kappa shape index (κ1) is 10.8. The van der Waals surface area contributed by atoms with Crippen LogP contribution in [0.1, 0.15) is 28.4 Å². The van der Waals surface area contributed by atoms with Gasteiger partial charge in [-0.1, -0.05) is 24.3 Å². The minimum absolute atomic E-state index is 0.115. The van der Waals surface area contributed by atoms with E-state index in [-0.39, 0.29) is 11.9 Å². The molecule has 2 N–H and O–H groups in total. The third kappa shape index (κ3) is 1.84. The summed E-state index contributed by atoms with van der Waals surface area (Å²) in [7, 11) is 0. The molecule has 90 valence electrons. The molecule has 1 aliphatic heterocycles. The van der Waals surface area contributed by atoms with Crippen molar-refractivity contribution >= 4 is 11.5 Å². The first-order valence-corrected chi connectivity index (χ1v) is 5.88. The van der Waals surface area contributed by atoms with Gasteiger partial charge in [-0.15, -0.1) is 0 Å². The lowest BCUT2D eigenvalue weighted by molar-refractivity contribution is 0.0850. The van der Waals surface area contributed by atoms with E-state index in [0.717, 1.165) is 5.56 Å². The Labute approximate surface area is 105 Å². The Bertz CT molecular complexity index is 607. The molecule has 2 aromatic carbocycles. The lowest BCUT2D eigenvalue weighted by Gasteiger charge is -2.25. The average molecular weight is 239 g/mol. The highest BCUT2D eigenvalue weighted by Gasteiger charge is 2.27. The fraction of sp³-hybridized carbons (Fsp3) is 0.133. The van der Waals surface area contributed by atoms with Crippen LogP contribution in [0.3, 0.4) is 0 Å². The maximum Gasteiger partial charge on any atom is 0.170 e. The molecule has 18 heavy (non-hydrogen) atoms. The van der Waals surface area contributed by atoms with Crippen molar-refractivity contribution in [3.8, 4) is 5.75 Å². The molecular weight excluding hydrogens is 226 g/mol. The van der Waals surface area contributed by atoms with E-state index in [0.29, 0.717) is 23.4 Å². The van der Waals surface area contributed by atoms with E-state index in [1.807, 2.05) is 42.5 Å². The topological polar surface area (TPSA) is 52.3 Å². The Balaban J connectivity index is 1.97. The summed E-state index contributed by atoms with van der Waals surface area (Å²) in [5.74, 6) is 0.769. The summed E-state index contributed by atoms with van der Waals surface area (Å²) >= 11 is 0. The third-order valence-electron chi connectivity index (χ3n) is 3.11. The van der Waals surface area contributed by atoms with Gasteiger partial charge in [0, 0.05) is 5.69 Å². The van der Waals surface area contributed by atoms with Crippen LogP contribution in [0.4, 0.5) is 5.69 Å². The average Bonchev–Trinajstić information content (AvgIpc) is 2.39. The zero-order chi connectivity index (χ0) is 12.5. The molecular formula is C15H13NO2. The highest BCUT2D eigenvalue weighted by atomic mass is 16.5. The number of nitrogens with two attached hydrogens (primary N) is 1. The van der Waals surface area contributed by atoms with Crippen molar-refractivity contribution < 1.29 is 9.53 Å². The van der Waals surface area contributed by atoms with Crippen molar-refractivity contribution in [2.75, 3.05) is 5.73 Å². The first-order chi connectivity index (χ1) is 8.74. The van der Waals surface area contributed by atoms with E-state index >= 15 is 0 Å². The van der Waals surface area contributed by atoms with Crippen LogP contribution in [0.2, 0.25) is 0 Å². The van der Waals surface area contributed by atoms with Gasteiger partial charge in [0.15, 0.2) is 5.78 Å². The van der Waals surface area contributed by atoms with Gasteiger partial charge in [-0.3, -0.25) is 4.79 Å². The smallest absolute Gasteiger partial charge is 0.170 e. The Hall–Kier alpha value is -2.29. The van der Waals surface area contributed by atoms with Crippen LogP contribution >= 0.6 is 0 Å². The molecule has 2 aromatic rings. The number of carbonyl (C=O) groups is 1. The van der Waals surface area contributed by atoms with Crippen molar-refractivity contribution in [3.05, 3.63) is 59.7 Å². The Kier molecular flexibility index (Phi) is 2.52. The van der Waals surface area contributed by atoms with Crippen LogP contribution in [0.25, 0.3) is 0 Å². The molecule has 0 saturated carbocycles. The van der Waals surface area contributed by atoms with Crippen LogP contribution in [0, 0.1) is 0 Å². The van der Waals surface area contributed by atoms with Gasteiger partial charge in [0.05, 0.1) is 12.0 Å². The number of ketones is 1. The fourth-order valence-electron chi connectivity index (χ4n) is 2.22. The van der Waals surface area contributed by atoms with E-state index in [1.54, 1.807) is 6.07 Å². The second-order valence-corrected chi connectivity index (χ2v) is 4.40. The van der Waals surface area contributed by atoms with Crippen molar-refractivity contribution in [2.45, 2.75) is 12.5 Å². The quantitative estimate of drug-likeness (QED) is 0.778. The summed E-state index contributed by atoms with van der Waals surface area (Å²) < 4.78 is 5.87. The second-order valence-electron chi connectivity index (χ2n) is 4.40. The van der Waals surface area contributed by atoms with Gasteiger partial charge in [0.1, 0.15) is 11.9 Å². The predicted molar refractivity (Wildman–Crippen MR) is 69.6 cm³/mol. The predicted octanol–water partition coefficient (Wildman–Crippen LogP) is 2.98. The normalized spacial score (nSPS) is 18.0. The SMILES string of the molecule is Nc1cccc(C2CC(=O)c3ccccc3O2)c1. The number of carbonyl (C=O) groups excluding carboxylic acids is 1. The number of Topliss-reactive ketones (excluding diaryl/α,β-unsaturated/α-hetero) is 1. The number of hydrogen-bond acceptors (Lipinski definition) is 3. The molecule has 0 fully saturated rings. The van der Waals surface area contributed by atoms with Crippen LogP contribution < -0.4 is 10.5 Å². The van der Waals surface area contributed by atoms with E-state index < -0.39 is 0 Å². The van der Waals surface area contributed by atoms with E-state index in [1.165, 1.54) is 0 Å². The zero-order valence-electron chi connectivity index (χ0n) is 9.80. The number of fused-ring (bicyclic) bond motifs is 1. The fourth-order valence-corrected chi connectivity index (χ4v) is 2.22. The van der Waals surface area contributed by atoms with Crippen LogP contribution in [0.5, 0.6) is 5.75 Å². The molecule has 0 aromatic heterocycles.